The monoisotopic (exact) mass is 309 g/mol. The van der Waals surface area contributed by atoms with Crippen LogP contribution in [0.4, 0.5) is 14.5 Å². The molecule has 0 aliphatic rings. The van der Waals surface area contributed by atoms with E-state index < -0.39 is 17.6 Å². The van der Waals surface area contributed by atoms with Crippen LogP contribution in [0.5, 0.6) is 0 Å². The first kappa shape index (κ1) is 15.3. The molecule has 21 heavy (non-hydrogen) atoms. The number of hydrogen-bond donors (Lipinski definition) is 1. The normalized spacial score (nSPS) is 10.4. The molecular weight excluding hydrogens is 296 g/mol. The van der Waals surface area contributed by atoms with Gasteiger partial charge in [0.2, 0.25) is 0 Å². The largest absolute Gasteiger partial charge is 0.465 e. The van der Waals surface area contributed by atoms with E-state index >= 15 is 0 Å². The van der Waals surface area contributed by atoms with E-state index in [1.807, 2.05) is 0 Å². The van der Waals surface area contributed by atoms with Crippen molar-refractivity contribution in [3.8, 4) is 0 Å². The number of thioether (sulfide) groups is 1. The predicted molar refractivity (Wildman–Crippen MR) is 78.1 cm³/mol. The Labute approximate surface area is 125 Å². The number of esters is 1. The average molecular weight is 309 g/mol. The van der Waals surface area contributed by atoms with Crippen molar-refractivity contribution in [2.75, 3.05) is 12.8 Å². The molecule has 0 atom stereocenters. The minimum absolute atomic E-state index is 0.174. The van der Waals surface area contributed by atoms with Crippen molar-refractivity contribution >= 4 is 23.4 Å². The molecule has 0 heterocycles. The van der Waals surface area contributed by atoms with Crippen LogP contribution in [-0.2, 0) is 10.5 Å². The Balaban J connectivity index is 2.26. The molecule has 0 bridgehead atoms. The predicted octanol–water partition coefficient (Wildman–Crippen LogP) is 3.63. The molecule has 2 N–H and O–H groups in total. The summed E-state index contributed by atoms with van der Waals surface area (Å²) in [5.74, 6) is -1.30. The highest BCUT2D eigenvalue weighted by Crippen LogP contribution is 2.29. The van der Waals surface area contributed by atoms with Gasteiger partial charge in [-0.3, -0.25) is 0 Å². The summed E-state index contributed by atoms with van der Waals surface area (Å²) < 4.78 is 31.4. The zero-order valence-electron chi connectivity index (χ0n) is 11.2. The second-order valence-corrected chi connectivity index (χ2v) is 5.25. The first-order valence-corrected chi connectivity index (χ1v) is 7.05. The summed E-state index contributed by atoms with van der Waals surface area (Å²) in [7, 11) is 1.26. The smallest absolute Gasteiger partial charge is 0.340 e. The fourth-order valence-electron chi connectivity index (χ4n) is 1.83. The number of ether oxygens (including phenoxy) is 1. The second kappa shape index (κ2) is 6.58. The molecule has 0 saturated carbocycles. The number of carbonyl (C=O) groups excluding carboxylic acids is 1. The Bertz CT molecular complexity index is 677. The lowest BCUT2D eigenvalue weighted by atomic mass is 10.1. The highest BCUT2D eigenvalue weighted by Gasteiger charge is 2.16. The third-order valence-corrected chi connectivity index (χ3v) is 3.93. The van der Waals surface area contributed by atoms with E-state index in [2.05, 4.69) is 0 Å². The molecule has 0 spiro atoms. The number of anilines is 1. The number of rotatable bonds is 4. The molecule has 2 aromatic rings. The number of halogens is 2. The highest BCUT2D eigenvalue weighted by molar-refractivity contribution is 7.98. The molecule has 0 fully saturated rings. The van der Waals surface area contributed by atoms with Crippen LogP contribution in [0, 0.1) is 11.6 Å². The van der Waals surface area contributed by atoms with Crippen molar-refractivity contribution < 1.29 is 18.3 Å². The first-order chi connectivity index (χ1) is 10.0. The zero-order valence-corrected chi connectivity index (χ0v) is 12.0. The summed E-state index contributed by atoms with van der Waals surface area (Å²) >= 11 is 1.09. The van der Waals surface area contributed by atoms with Gasteiger partial charge < -0.3 is 10.5 Å². The molecule has 0 aliphatic carbocycles. The van der Waals surface area contributed by atoms with Crippen LogP contribution in [0.3, 0.4) is 0 Å². The molecular formula is C15H13F2NO2S. The lowest BCUT2D eigenvalue weighted by Gasteiger charge is -2.10. The minimum Gasteiger partial charge on any atom is -0.465 e. The van der Waals surface area contributed by atoms with E-state index in [1.54, 1.807) is 18.2 Å². The fraction of sp³-hybridized carbons (Fsp3) is 0.133. The van der Waals surface area contributed by atoms with Crippen molar-refractivity contribution in [2.45, 2.75) is 10.6 Å². The zero-order chi connectivity index (χ0) is 15.4. The average Bonchev–Trinajstić information content (AvgIpc) is 2.47. The molecule has 0 saturated heterocycles. The number of nitrogen functional groups attached to an aromatic ring is 1. The maximum Gasteiger partial charge on any atom is 0.340 e. The Hall–Kier alpha value is -2.08. The summed E-state index contributed by atoms with van der Waals surface area (Å²) in [6, 6.07) is 8.22. The molecule has 2 aromatic carbocycles. The van der Waals surface area contributed by atoms with Crippen molar-refractivity contribution in [3.05, 3.63) is 59.2 Å². The van der Waals surface area contributed by atoms with Crippen LogP contribution >= 0.6 is 11.8 Å². The van der Waals surface area contributed by atoms with Crippen LogP contribution in [-0.4, -0.2) is 13.1 Å². The van der Waals surface area contributed by atoms with Gasteiger partial charge in [0.05, 0.1) is 12.7 Å². The number of benzene rings is 2. The molecule has 0 aromatic heterocycles. The van der Waals surface area contributed by atoms with Crippen LogP contribution in [0.25, 0.3) is 0 Å². The van der Waals surface area contributed by atoms with E-state index in [9.17, 15) is 13.6 Å². The van der Waals surface area contributed by atoms with Gasteiger partial charge in [-0.1, -0.05) is 12.1 Å². The van der Waals surface area contributed by atoms with E-state index in [1.165, 1.54) is 7.11 Å². The Morgan fingerprint density at radius 3 is 2.76 bits per heavy atom. The number of carbonyl (C=O) groups is 1. The number of hydrogen-bond acceptors (Lipinski definition) is 4. The van der Waals surface area contributed by atoms with Crippen molar-refractivity contribution in [3.63, 3.8) is 0 Å². The molecule has 0 radical (unpaired) electrons. The quantitative estimate of drug-likeness (QED) is 0.532. The van der Waals surface area contributed by atoms with Crippen molar-refractivity contribution in [1.29, 1.82) is 0 Å². The van der Waals surface area contributed by atoms with Gasteiger partial charge in [-0.05, 0) is 29.8 Å². The van der Waals surface area contributed by atoms with Crippen LogP contribution in [0.1, 0.15) is 15.9 Å². The van der Waals surface area contributed by atoms with E-state index in [4.69, 9.17) is 10.5 Å². The van der Waals surface area contributed by atoms with E-state index in [-0.39, 0.29) is 16.2 Å². The van der Waals surface area contributed by atoms with Gasteiger partial charge in [0.15, 0.2) is 0 Å². The van der Waals surface area contributed by atoms with Crippen molar-refractivity contribution in [1.82, 2.24) is 0 Å². The summed E-state index contributed by atoms with van der Waals surface area (Å²) in [4.78, 5) is 11.9. The molecule has 6 heteroatoms. The Kier molecular flexibility index (Phi) is 4.80. The maximum atomic E-state index is 13.6. The van der Waals surface area contributed by atoms with Crippen LogP contribution in [0.2, 0.25) is 0 Å². The highest BCUT2D eigenvalue weighted by atomic mass is 32.2. The molecule has 0 amide bonds. The lowest BCUT2D eigenvalue weighted by Crippen LogP contribution is -2.09. The Morgan fingerprint density at radius 2 is 2.05 bits per heavy atom. The molecule has 110 valence electrons. The van der Waals surface area contributed by atoms with Crippen LogP contribution < -0.4 is 5.73 Å². The molecule has 3 nitrogen and oxygen atoms in total. The standard InChI is InChI=1S/C15H13F2NO2S/c1-20-15(19)14-9(3-2-4-12(14)18)8-21-13-7-10(16)5-6-11(13)17/h2-7H,8,18H2,1H3. The minimum atomic E-state index is -0.552. The summed E-state index contributed by atoms with van der Waals surface area (Å²) in [5, 5.41) is 0. The van der Waals surface area contributed by atoms with Gasteiger partial charge in [0.25, 0.3) is 0 Å². The van der Waals surface area contributed by atoms with Gasteiger partial charge in [0.1, 0.15) is 11.6 Å². The van der Waals surface area contributed by atoms with Crippen LogP contribution in [0.15, 0.2) is 41.3 Å². The summed E-state index contributed by atoms with van der Waals surface area (Å²) in [6.45, 7) is 0. The van der Waals surface area contributed by atoms with Gasteiger partial charge in [-0.15, -0.1) is 11.8 Å². The lowest BCUT2D eigenvalue weighted by molar-refractivity contribution is 0.0601. The van der Waals surface area contributed by atoms with Gasteiger partial charge in [0, 0.05) is 16.3 Å². The summed E-state index contributed by atoms with van der Waals surface area (Å²) in [5.41, 5.74) is 6.93. The van der Waals surface area contributed by atoms with Gasteiger partial charge >= 0.3 is 5.97 Å². The molecule has 0 unspecified atom stereocenters. The Morgan fingerprint density at radius 1 is 1.29 bits per heavy atom. The third-order valence-electron chi connectivity index (χ3n) is 2.85. The molecule has 0 aliphatic heterocycles. The van der Waals surface area contributed by atoms with E-state index in [0.717, 1.165) is 30.0 Å². The SMILES string of the molecule is COC(=O)c1c(N)cccc1CSc1cc(F)ccc1F. The second-order valence-electron chi connectivity index (χ2n) is 4.24. The topological polar surface area (TPSA) is 52.3 Å². The number of nitrogens with two attached hydrogens (primary N) is 1. The first-order valence-electron chi connectivity index (χ1n) is 6.06. The van der Waals surface area contributed by atoms with Gasteiger partial charge in [-0.25, -0.2) is 13.6 Å². The van der Waals surface area contributed by atoms with E-state index in [0.29, 0.717) is 11.3 Å². The number of methoxy groups -OCH3 is 1. The summed E-state index contributed by atoms with van der Waals surface area (Å²) in [6.07, 6.45) is 0. The van der Waals surface area contributed by atoms with Crippen molar-refractivity contribution in [2.24, 2.45) is 0 Å². The maximum absolute atomic E-state index is 13.6. The fourth-order valence-corrected chi connectivity index (χ4v) is 2.79. The molecule has 2 rings (SSSR count). The van der Waals surface area contributed by atoms with Gasteiger partial charge in [-0.2, -0.15) is 0 Å². The third kappa shape index (κ3) is 3.52.